The Morgan fingerprint density at radius 3 is 2.27 bits per heavy atom. The summed E-state index contributed by atoms with van der Waals surface area (Å²) in [6, 6.07) is 19.1. The van der Waals surface area contributed by atoms with Gasteiger partial charge in [0.1, 0.15) is 17.6 Å². The summed E-state index contributed by atoms with van der Waals surface area (Å²) in [6.45, 7) is 2.22. The third-order valence-corrected chi connectivity index (χ3v) is 6.96. The zero-order valence-corrected chi connectivity index (χ0v) is 23.5. The zero-order chi connectivity index (χ0) is 29.4. The molecule has 1 aliphatic heterocycles. The number of piperazine rings is 1. The van der Waals surface area contributed by atoms with Crippen LogP contribution in [0.1, 0.15) is 17.2 Å². The van der Waals surface area contributed by atoms with Crippen molar-refractivity contribution in [1.29, 1.82) is 5.41 Å². The maximum absolute atomic E-state index is 13.5. The van der Waals surface area contributed by atoms with E-state index < -0.39 is 11.9 Å². The summed E-state index contributed by atoms with van der Waals surface area (Å²) in [6.07, 6.45) is 0. The molecule has 0 bridgehead atoms. The van der Waals surface area contributed by atoms with Gasteiger partial charge in [-0.3, -0.25) is 15.0 Å². The Bertz CT molecular complexity index is 1390. The van der Waals surface area contributed by atoms with Crippen LogP contribution in [0.5, 0.6) is 17.2 Å². The van der Waals surface area contributed by atoms with Crippen LogP contribution < -0.4 is 35.5 Å². The third kappa shape index (κ3) is 6.99. The fraction of sp³-hybridized carbons (Fsp3) is 0.300. The average molecular weight is 561 g/mol. The van der Waals surface area contributed by atoms with Gasteiger partial charge in [-0.1, -0.05) is 30.3 Å². The zero-order valence-electron chi connectivity index (χ0n) is 23.5. The lowest BCUT2D eigenvalue weighted by atomic mass is 10.0. The number of methoxy groups -OCH3 is 3. The average Bonchev–Trinajstić information content (AvgIpc) is 3.02. The second-order valence-electron chi connectivity index (χ2n) is 9.44. The molecule has 3 aromatic rings. The highest BCUT2D eigenvalue weighted by Crippen LogP contribution is 2.32. The van der Waals surface area contributed by atoms with E-state index in [0.29, 0.717) is 54.5 Å². The molecule has 216 valence electrons. The first-order valence-corrected chi connectivity index (χ1v) is 13.2. The molecule has 1 heterocycles. The monoisotopic (exact) mass is 560 g/mol. The summed E-state index contributed by atoms with van der Waals surface area (Å²) >= 11 is 0. The molecule has 1 saturated heterocycles. The molecule has 1 aliphatic rings. The fourth-order valence-electron chi connectivity index (χ4n) is 4.74. The number of hydrogen-bond donors (Lipinski definition) is 4. The van der Waals surface area contributed by atoms with E-state index in [1.807, 2.05) is 24.3 Å². The molecular formula is C30H36N6O5. The first-order valence-electron chi connectivity index (χ1n) is 13.2. The smallest absolute Gasteiger partial charge is 0.247 e. The number of benzene rings is 3. The maximum Gasteiger partial charge on any atom is 0.247 e. The fourth-order valence-corrected chi connectivity index (χ4v) is 4.74. The lowest BCUT2D eigenvalue weighted by molar-refractivity contribution is -0.133. The molecule has 41 heavy (non-hydrogen) atoms. The predicted octanol–water partition coefficient (Wildman–Crippen LogP) is 2.61. The molecule has 0 aliphatic carbocycles. The summed E-state index contributed by atoms with van der Waals surface area (Å²) in [4.78, 5) is 30.5. The van der Waals surface area contributed by atoms with Gasteiger partial charge < -0.3 is 40.4 Å². The van der Waals surface area contributed by atoms with Crippen LogP contribution in [0.2, 0.25) is 0 Å². The van der Waals surface area contributed by atoms with Crippen molar-refractivity contribution in [3.63, 3.8) is 0 Å². The molecule has 0 saturated carbocycles. The van der Waals surface area contributed by atoms with Crippen LogP contribution in [0.4, 0.5) is 11.4 Å². The van der Waals surface area contributed by atoms with E-state index in [4.69, 9.17) is 25.4 Å². The Labute approximate surface area is 239 Å². The molecule has 0 radical (unpaired) electrons. The van der Waals surface area contributed by atoms with Crippen LogP contribution in [-0.2, 0) is 9.59 Å². The third-order valence-electron chi connectivity index (χ3n) is 6.96. The Morgan fingerprint density at radius 1 is 0.878 bits per heavy atom. The highest BCUT2D eigenvalue weighted by atomic mass is 16.5. The minimum Gasteiger partial charge on any atom is -0.495 e. The summed E-state index contributed by atoms with van der Waals surface area (Å²) in [5.74, 6) is 1.14. The Kier molecular flexibility index (Phi) is 9.51. The van der Waals surface area contributed by atoms with Gasteiger partial charge in [0.2, 0.25) is 11.8 Å². The van der Waals surface area contributed by atoms with E-state index in [2.05, 4.69) is 15.5 Å². The van der Waals surface area contributed by atoms with Crippen LogP contribution >= 0.6 is 0 Å². The van der Waals surface area contributed by atoms with Gasteiger partial charge >= 0.3 is 0 Å². The molecule has 4 rings (SSSR count). The quantitative estimate of drug-likeness (QED) is 0.207. The second kappa shape index (κ2) is 13.4. The molecule has 5 N–H and O–H groups in total. The van der Waals surface area contributed by atoms with Gasteiger partial charge in [-0.25, -0.2) is 0 Å². The molecular weight excluding hydrogens is 524 g/mol. The molecule has 11 heteroatoms. The molecule has 0 aromatic heterocycles. The molecule has 2 amide bonds. The molecule has 0 spiro atoms. The number of nitrogens with one attached hydrogen (secondary N) is 3. The first-order chi connectivity index (χ1) is 19.8. The van der Waals surface area contributed by atoms with Crippen molar-refractivity contribution in [1.82, 2.24) is 10.2 Å². The van der Waals surface area contributed by atoms with E-state index in [1.54, 1.807) is 54.5 Å². The number of para-hydroxylation sites is 2. The summed E-state index contributed by atoms with van der Waals surface area (Å²) in [5, 5.41) is 13.8. The largest absolute Gasteiger partial charge is 0.495 e. The SMILES string of the molecule is COc1ccc(C(Nc2cccc(C(=N)N)c2)C(=O)NCC(=O)N2CCN(c3ccccc3OC)CC2)cc1OC. The Morgan fingerprint density at radius 2 is 1.59 bits per heavy atom. The first kappa shape index (κ1) is 29.1. The van der Waals surface area contributed by atoms with Gasteiger partial charge in [-0.2, -0.15) is 0 Å². The number of amides is 2. The van der Waals surface area contributed by atoms with Gasteiger partial charge in [0.25, 0.3) is 0 Å². The van der Waals surface area contributed by atoms with E-state index in [0.717, 1.165) is 11.4 Å². The van der Waals surface area contributed by atoms with Crippen molar-refractivity contribution in [2.75, 3.05) is 64.3 Å². The number of amidine groups is 1. The van der Waals surface area contributed by atoms with Crippen molar-refractivity contribution in [3.8, 4) is 17.2 Å². The number of anilines is 2. The number of carbonyl (C=O) groups is 2. The van der Waals surface area contributed by atoms with E-state index in [9.17, 15) is 9.59 Å². The Balaban J connectivity index is 1.44. The van der Waals surface area contributed by atoms with E-state index in [-0.39, 0.29) is 18.3 Å². The van der Waals surface area contributed by atoms with Gasteiger partial charge in [-0.15, -0.1) is 0 Å². The number of nitrogen functional groups attached to an aromatic ring is 1. The normalized spacial score (nSPS) is 13.6. The maximum atomic E-state index is 13.5. The van der Waals surface area contributed by atoms with E-state index in [1.165, 1.54) is 14.2 Å². The number of nitrogens with two attached hydrogens (primary N) is 1. The molecule has 1 atom stereocenters. The highest BCUT2D eigenvalue weighted by molar-refractivity contribution is 5.96. The van der Waals surface area contributed by atoms with Crippen LogP contribution in [0.3, 0.4) is 0 Å². The summed E-state index contributed by atoms with van der Waals surface area (Å²) in [7, 11) is 4.70. The number of hydrogen-bond acceptors (Lipinski definition) is 8. The standard InChI is InChI=1S/C30H36N6O5/c1-39-24-10-5-4-9-23(24)35-13-15-36(16-14-35)27(37)19-33-30(38)28(20-11-12-25(40-2)26(18-20)41-3)34-22-8-6-7-21(17-22)29(31)32/h4-12,17-18,28,34H,13-16,19H2,1-3H3,(H3,31,32)(H,33,38). The van der Waals surface area contributed by atoms with Crippen molar-refractivity contribution in [2.24, 2.45) is 5.73 Å². The van der Waals surface area contributed by atoms with Gasteiger partial charge in [0.15, 0.2) is 11.5 Å². The number of carbonyl (C=O) groups excluding carboxylic acids is 2. The van der Waals surface area contributed by atoms with Crippen molar-refractivity contribution < 1.29 is 23.8 Å². The number of ether oxygens (including phenoxy) is 3. The molecule has 11 nitrogen and oxygen atoms in total. The van der Waals surface area contributed by atoms with Crippen LogP contribution in [0.25, 0.3) is 0 Å². The van der Waals surface area contributed by atoms with Gasteiger partial charge in [0.05, 0.1) is 33.6 Å². The number of nitrogens with zero attached hydrogens (tertiary/aromatic N) is 2. The number of rotatable bonds is 11. The van der Waals surface area contributed by atoms with Crippen molar-refractivity contribution in [2.45, 2.75) is 6.04 Å². The van der Waals surface area contributed by atoms with Crippen molar-refractivity contribution >= 4 is 29.0 Å². The molecule has 1 fully saturated rings. The van der Waals surface area contributed by atoms with Crippen molar-refractivity contribution in [3.05, 3.63) is 77.9 Å². The lowest BCUT2D eigenvalue weighted by Gasteiger charge is -2.36. The minimum atomic E-state index is -0.868. The lowest BCUT2D eigenvalue weighted by Crippen LogP contribution is -2.51. The highest BCUT2D eigenvalue weighted by Gasteiger charge is 2.26. The molecule has 1 unspecified atom stereocenters. The minimum absolute atomic E-state index is 0.0860. The van der Waals surface area contributed by atoms with Crippen LogP contribution in [0.15, 0.2) is 66.7 Å². The Hall–Kier alpha value is -4.93. The van der Waals surface area contributed by atoms with Crippen LogP contribution in [0, 0.1) is 5.41 Å². The summed E-state index contributed by atoms with van der Waals surface area (Å²) in [5.41, 5.74) is 8.36. The van der Waals surface area contributed by atoms with Gasteiger partial charge in [-0.05, 0) is 42.0 Å². The molecule has 3 aromatic carbocycles. The predicted molar refractivity (Wildman–Crippen MR) is 158 cm³/mol. The second-order valence-corrected chi connectivity index (χ2v) is 9.44. The topological polar surface area (TPSA) is 142 Å². The van der Waals surface area contributed by atoms with E-state index >= 15 is 0 Å². The van der Waals surface area contributed by atoms with Gasteiger partial charge in [0, 0.05) is 37.4 Å². The van der Waals surface area contributed by atoms with Crippen LogP contribution in [-0.4, -0.2) is 76.6 Å². The summed E-state index contributed by atoms with van der Waals surface area (Å²) < 4.78 is 16.3.